The van der Waals surface area contributed by atoms with E-state index in [1.165, 1.54) is 154 Å². The predicted molar refractivity (Wildman–Crippen MR) is 274 cm³/mol. The molecule has 2 aliphatic rings. The van der Waals surface area contributed by atoms with Crippen LogP contribution in [0.2, 0.25) is 0 Å². The van der Waals surface area contributed by atoms with Gasteiger partial charge in [0.25, 0.3) is 0 Å². The molecule has 0 bridgehead atoms. The Morgan fingerprint density at radius 3 is 0.891 bits per heavy atom. The van der Waals surface area contributed by atoms with E-state index >= 15 is 0 Å². The molecule has 0 aliphatic heterocycles. The Bertz CT molecular complexity index is 3740. The van der Waals surface area contributed by atoms with Gasteiger partial charge >= 0.3 is 0 Å². The van der Waals surface area contributed by atoms with Crippen molar-refractivity contribution in [3.8, 4) is 89.0 Å². The number of benzene rings is 12. The van der Waals surface area contributed by atoms with E-state index in [9.17, 15) is 0 Å². The molecule has 0 heteroatoms. The van der Waals surface area contributed by atoms with Crippen molar-refractivity contribution in [3.05, 3.63) is 217 Å². The predicted octanol–water partition coefficient (Wildman–Crippen LogP) is 18.0. The summed E-state index contributed by atoms with van der Waals surface area (Å²) >= 11 is 0. The van der Waals surface area contributed by atoms with Crippen molar-refractivity contribution < 1.29 is 0 Å². The van der Waals surface area contributed by atoms with Gasteiger partial charge in [-0.1, -0.05) is 206 Å². The fourth-order valence-electron chi connectivity index (χ4n) is 12.1. The third-order valence-electron chi connectivity index (χ3n) is 14.7. The number of hydrogen-bond donors (Lipinski definition) is 0. The van der Waals surface area contributed by atoms with Crippen LogP contribution in [0.25, 0.3) is 143 Å². The van der Waals surface area contributed by atoms with Crippen LogP contribution in [0.4, 0.5) is 0 Å². The molecule has 0 fully saturated rings. The highest BCUT2D eigenvalue weighted by Gasteiger charge is 2.32. The summed E-state index contributed by atoms with van der Waals surface area (Å²) in [5.41, 5.74) is 23.7. The Morgan fingerprint density at radius 2 is 0.484 bits per heavy atom. The van der Waals surface area contributed by atoms with Crippen molar-refractivity contribution in [2.75, 3.05) is 0 Å². The van der Waals surface area contributed by atoms with Gasteiger partial charge in [-0.3, -0.25) is 0 Å². The van der Waals surface area contributed by atoms with Crippen LogP contribution in [0, 0.1) is 13.8 Å². The summed E-state index contributed by atoms with van der Waals surface area (Å²) in [6.45, 7) is 4.64. The average Bonchev–Trinajstić information content (AvgIpc) is 3.87. The van der Waals surface area contributed by atoms with Crippen LogP contribution in [0.5, 0.6) is 0 Å². The van der Waals surface area contributed by atoms with Gasteiger partial charge in [-0.25, -0.2) is 0 Å². The van der Waals surface area contributed by atoms with Gasteiger partial charge in [0.05, 0.1) is 0 Å². The first kappa shape index (κ1) is 35.5. The number of aryl methyl sites for hydroxylation is 2. The van der Waals surface area contributed by atoms with Crippen molar-refractivity contribution >= 4 is 53.9 Å². The maximum Gasteiger partial charge on any atom is -0.00110 e. The van der Waals surface area contributed by atoms with Crippen molar-refractivity contribution in [1.29, 1.82) is 0 Å². The second-order valence-electron chi connectivity index (χ2n) is 17.8. The molecule has 12 aromatic carbocycles. The molecule has 0 radical (unpaired) electrons. The fourth-order valence-corrected chi connectivity index (χ4v) is 12.1. The van der Waals surface area contributed by atoms with E-state index in [2.05, 4.69) is 220 Å². The molecule has 0 atom stereocenters. The molecule has 0 aromatic heterocycles. The normalized spacial score (nSPS) is 12.2. The van der Waals surface area contributed by atoms with Gasteiger partial charge in [0.2, 0.25) is 0 Å². The van der Waals surface area contributed by atoms with Gasteiger partial charge in [-0.05, 0) is 168 Å². The standard InChI is InChI=1S/C64H40/c1-37-41-21-9-13-25-49(41)59(39-17-5-3-6-18-39)63-55-35-33-47(51-27-15-29-53(57(37)63)61(51)55)45-31-32-46(44-24-12-11-23-43(44)45)48-34-36-56-62-52(48)28-16-30-54(62)58-38(2)42-22-10-14-26-50(42)60(64(56)58)40-19-7-4-8-20-40/h3-36H,1-2H3. The van der Waals surface area contributed by atoms with E-state index in [-0.39, 0.29) is 0 Å². The Balaban J connectivity index is 0.980. The van der Waals surface area contributed by atoms with Crippen LogP contribution in [-0.2, 0) is 0 Å². The maximum atomic E-state index is 2.41. The molecule has 12 aromatic rings. The second kappa shape index (κ2) is 13.2. The van der Waals surface area contributed by atoms with Crippen LogP contribution in [0.3, 0.4) is 0 Å². The summed E-state index contributed by atoms with van der Waals surface area (Å²) in [5.74, 6) is 0. The zero-order chi connectivity index (χ0) is 42.2. The number of hydrogen-bond acceptors (Lipinski definition) is 0. The lowest BCUT2D eigenvalue weighted by atomic mass is 9.85. The minimum atomic E-state index is 1.26. The lowest BCUT2D eigenvalue weighted by Gasteiger charge is -2.18. The zero-order valence-electron chi connectivity index (χ0n) is 35.6. The lowest BCUT2D eigenvalue weighted by Crippen LogP contribution is -1.92. The summed E-state index contributed by atoms with van der Waals surface area (Å²) in [6.07, 6.45) is 0. The summed E-state index contributed by atoms with van der Waals surface area (Å²) in [4.78, 5) is 0. The second-order valence-corrected chi connectivity index (χ2v) is 17.8. The Morgan fingerprint density at radius 1 is 0.188 bits per heavy atom. The molecule has 0 heterocycles. The molecule has 0 saturated heterocycles. The first-order valence-corrected chi connectivity index (χ1v) is 22.5. The van der Waals surface area contributed by atoms with Gasteiger partial charge < -0.3 is 0 Å². The van der Waals surface area contributed by atoms with Gasteiger partial charge in [-0.15, -0.1) is 0 Å². The SMILES string of the molecule is Cc1c2c(c(-c3ccccc3)c3ccccc13)-c1ccc(-c3ccc(-c4ccc5c6c(cccc46)-c4c-5c(-c5ccccc5)c5ccccc5c4C)c4ccccc34)c3cccc-2c13. The van der Waals surface area contributed by atoms with E-state index in [4.69, 9.17) is 0 Å². The molecule has 0 spiro atoms. The van der Waals surface area contributed by atoms with E-state index < -0.39 is 0 Å². The van der Waals surface area contributed by atoms with Gasteiger partial charge in [0.1, 0.15) is 0 Å². The maximum absolute atomic E-state index is 2.41. The zero-order valence-corrected chi connectivity index (χ0v) is 35.6. The van der Waals surface area contributed by atoms with Crippen LogP contribution in [0.1, 0.15) is 11.1 Å². The van der Waals surface area contributed by atoms with E-state index in [1.807, 2.05) is 0 Å². The van der Waals surface area contributed by atoms with Gasteiger partial charge in [0.15, 0.2) is 0 Å². The van der Waals surface area contributed by atoms with E-state index in [0.717, 1.165) is 0 Å². The molecule has 0 unspecified atom stereocenters. The van der Waals surface area contributed by atoms with Crippen molar-refractivity contribution in [3.63, 3.8) is 0 Å². The van der Waals surface area contributed by atoms with E-state index in [0.29, 0.717) is 0 Å². The lowest BCUT2D eigenvalue weighted by molar-refractivity contribution is 1.53. The number of rotatable bonds is 4. The van der Waals surface area contributed by atoms with Crippen LogP contribution in [-0.4, -0.2) is 0 Å². The molecule has 14 rings (SSSR count). The van der Waals surface area contributed by atoms with Crippen molar-refractivity contribution in [2.45, 2.75) is 13.8 Å². The smallest absolute Gasteiger partial charge is 0.00110 e. The molecule has 2 aliphatic carbocycles. The molecular formula is C64H40. The van der Waals surface area contributed by atoms with Gasteiger partial charge in [0, 0.05) is 0 Å². The Hall–Kier alpha value is -8.06. The van der Waals surface area contributed by atoms with E-state index in [1.54, 1.807) is 0 Å². The Labute approximate surface area is 372 Å². The third kappa shape index (κ3) is 4.67. The first-order chi connectivity index (χ1) is 31.7. The summed E-state index contributed by atoms with van der Waals surface area (Å²) in [6, 6.07) is 77.3. The molecule has 296 valence electrons. The summed E-state index contributed by atoms with van der Waals surface area (Å²) < 4.78 is 0. The van der Waals surface area contributed by atoms with Crippen LogP contribution in [0.15, 0.2) is 206 Å². The minimum Gasteiger partial charge on any atom is -0.0622 e. The fraction of sp³-hybridized carbons (Fsp3) is 0.0312. The van der Waals surface area contributed by atoms with Crippen LogP contribution >= 0.6 is 0 Å². The summed E-state index contributed by atoms with van der Waals surface area (Å²) in [7, 11) is 0. The largest absolute Gasteiger partial charge is 0.0622 e. The summed E-state index contributed by atoms with van der Waals surface area (Å²) in [5, 5.41) is 13.1. The molecule has 0 nitrogen and oxygen atoms in total. The third-order valence-corrected chi connectivity index (χ3v) is 14.7. The molecular weight excluding hydrogens is 769 g/mol. The quantitative estimate of drug-likeness (QED) is 0.166. The highest BCUT2D eigenvalue weighted by atomic mass is 14.3. The number of fused-ring (bicyclic) bond motifs is 9. The minimum absolute atomic E-state index is 1.26. The molecule has 0 saturated carbocycles. The molecule has 64 heavy (non-hydrogen) atoms. The molecule has 0 amide bonds. The average molecular weight is 809 g/mol. The Kier molecular flexibility index (Phi) is 7.34. The van der Waals surface area contributed by atoms with Crippen LogP contribution < -0.4 is 0 Å². The monoisotopic (exact) mass is 808 g/mol. The topological polar surface area (TPSA) is 0 Å². The van der Waals surface area contributed by atoms with Crippen molar-refractivity contribution in [1.82, 2.24) is 0 Å². The highest BCUT2D eigenvalue weighted by molar-refractivity contribution is 6.28. The van der Waals surface area contributed by atoms with Gasteiger partial charge in [-0.2, -0.15) is 0 Å². The molecule has 0 N–H and O–H groups in total. The highest BCUT2D eigenvalue weighted by Crippen LogP contribution is 2.58. The van der Waals surface area contributed by atoms with Crippen molar-refractivity contribution in [2.24, 2.45) is 0 Å². The first-order valence-electron chi connectivity index (χ1n) is 22.5.